The zero-order valence-corrected chi connectivity index (χ0v) is 18.9. The summed E-state index contributed by atoms with van der Waals surface area (Å²) in [5, 5.41) is 0. The van der Waals surface area contributed by atoms with Crippen molar-refractivity contribution < 1.29 is 0 Å². The Morgan fingerprint density at radius 3 is 2.25 bits per heavy atom. The fraction of sp³-hybridized carbons (Fsp3) is 0.714. The zero-order chi connectivity index (χ0) is 19.8. The topological polar surface area (TPSA) is 0 Å². The van der Waals surface area contributed by atoms with E-state index in [1.54, 1.807) is 11.1 Å². The first-order valence-corrected chi connectivity index (χ1v) is 12.5. The molecule has 0 saturated heterocycles. The third-order valence-electron chi connectivity index (χ3n) is 7.77. The van der Waals surface area contributed by atoms with Gasteiger partial charge in [0, 0.05) is 0 Å². The quantitative estimate of drug-likeness (QED) is 0.374. The van der Waals surface area contributed by atoms with Gasteiger partial charge in [-0.2, -0.15) is 0 Å². The Balaban J connectivity index is 1.48. The van der Waals surface area contributed by atoms with Crippen LogP contribution in [0.15, 0.2) is 30.3 Å². The van der Waals surface area contributed by atoms with Crippen molar-refractivity contribution in [1.82, 2.24) is 0 Å². The Morgan fingerprint density at radius 1 is 0.893 bits per heavy atom. The van der Waals surface area contributed by atoms with Crippen molar-refractivity contribution in [2.24, 2.45) is 17.8 Å². The molecule has 1 aromatic carbocycles. The molecule has 0 radical (unpaired) electrons. The molecule has 0 spiro atoms. The van der Waals surface area contributed by atoms with Crippen LogP contribution < -0.4 is 0 Å². The van der Waals surface area contributed by atoms with E-state index in [0.29, 0.717) is 0 Å². The Hall–Kier alpha value is -1.04. The van der Waals surface area contributed by atoms with Crippen molar-refractivity contribution in [2.45, 2.75) is 110 Å². The number of rotatable bonds is 9. The van der Waals surface area contributed by atoms with Gasteiger partial charge in [-0.15, -0.1) is 0 Å². The second-order valence-corrected chi connectivity index (χ2v) is 9.95. The molecule has 28 heavy (non-hydrogen) atoms. The van der Waals surface area contributed by atoms with E-state index in [1.165, 1.54) is 89.0 Å². The summed E-state index contributed by atoms with van der Waals surface area (Å²) in [5.41, 5.74) is 4.69. The molecule has 3 rings (SSSR count). The number of hydrogen-bond donors (Lipinski definition) is 0. The smallest absolute Gasteiger partial charge is 0.0162 e. The molecule has 2 unspecified atom stereocenters. The molecule has 1 fully saturated rings. The number of unbranched alkanes of at least 4 members (excludes halogenated alkanes) is 2. The Bertz CT molecular complexity index is 585. The van der Waals surface area contributed by atoms with E-state index in [0.717, 1.165) is 23.7 Å². The molecule has 2 atom stereocenters. The van der Waals surface area contributed by atoms with Gasteiger partial charge in [-0.3, -0.25) is 0 Å². The van der Waals surface area contributed by atoms with Crippen molar-refractivity contribution in [2.75, 3.05) is 0 Å². The minimum absolute atomic E-state index is 0.816. The van der Waals surface area contributed by atoms with Crippen LogP contribution in [0.2, 0.25) is 0 Å². The molecule has 1 saturated carbocycles. The fourth-order valence-corrected chi connectivity index (χ4v) is 5.54. The van der Waals surface area contributed by atoms with Crippen molar-refractivity contribution in [3.63, 3.8) is 0 Å². The van der Waals surface area contributed by atoms with Crippen LogP contribution in [-0.2, 0) is 0 Å². The van der Waals surface area contributed by atoms with Gasteiger partial charge in [0.2, 0.25) is 0 Å². The zero-order valence-electron chi connectivity index (χ0n) is 18.9. The summed E-state index contributed by atoms with van der Waals surface area (Å²) in [7, 11) is 0. The van der Waals surface area contributed by atoms with Crippen LogP contribution >= 0.6 is 0 Å². The second kappa shape index (κ2) is 11.2. The number of allylic oxidation sites excluding steroid dienone is 2. The van der Waals surface area contributed by atoms with Crippen LogP contribution in [-0.4, -0.2) is 0 Å². The van der Waals surface area contributed by atoms with Gasteiger partial charge in [0.05, 0.1) is 0 Å². The monoisotopic (exact) mass is 380 g/mol. The molecule has 0 heteroatoms. The molecule has 1 aromatic rings. The summed E-state index contributed by atoms with van der Waals surface area (Å²) < 4.78 is 0. The largest absolute Gasteiger partial charge is 0.0804 e. The van der Waals surface area contributed by atoms with E-state index < -0.39 is 0 Å². The summed E-state index contributed by atoms with van der Waals surface area (Å²) in [6, 6.07) is 9.74. The van der Waals surface area contributed by atoms with Gasteiger partial charge < -0.3 is 0 Å². The van der Waals surface area contributed by atoms with Crippen molar-refractivity contribution >= 4 is 5.57 Å². The van der Waals surface area contributed by atoms with Gasteiger partial charge in [0.25, 0.3) is 0 Å². The first-order valence-electron chi connectivity index (χ1n) is 12.5. The fourth-order valence-electron chi connectivity index (χ4n) is 5.54. The van der Waals surface area contributed by atoms with Gasteiger partial charge in [-0.05, 0) is 91.7 Å². The lowest BCUT2D eigenvalue weighted by atomic mass is 9.76. The van der Waals surface area contributed by atoms with Gasteiger partial charge in [0.15, 0.2) is 0 Å². The van der Waals surface area contributed by atoms with Gasteiger partial charge in [-0.1, -0.05) is 83.2 Å². The van der Waals surface area contributed by atoms with E-state index in [1.807, 2.05) is 0 Å². The minimum atomic E-state index is 0.816. The van der Waals surface area contributed by atoms with Crippen LogP contribution in [0.25, 0.3) is 5.57 Å². The normalized spacial score (nSPS) is 26.7. The summed E-state index contributed by atoms with van der Waals surface area (Å²) in [6.07, 6.45) is 20.7. The van der Waals surface area contributed by atoms with Crippen molar-refractivity contribution in [1.29, 1.82) is 0 Å². The lowest BCUT2D eigenvalue weighted by Crippen LogP contribution is -2.13. The lowest BCUT2D eigenvalue weighted by molar-refractivity contribution is 0.303. The molecular weight excluding hydrogens is 336 g/mol. The van der Waals surface area contributed by atoms with E-state index in [9.17, 15) is 0 Å². The minimum Gasteiger partial charge on any atom is -0.0804 e. The maximum atomic E-state index is 2.55. The average molecular weight is 381 g/mol. The van der Waals surface area contributed by atoms with Crippen LogP contribution in [0.4, 0.5) is 0 Å². The molecule has 0 amide bonds. The van der Waals surface area contributed by atoms with E-state index in [4.69, 9.17) is 0 Å². The van der Waals surface area contributed by atoms with E-state index in [-0.39, 0.29) is 0 Å². The summed E-state index contributed by atoms with van der Waals surface area (Å²) >= 11 is 0. The highest BCUT2D eigenvalue weighted by Gasteiger charge is 2.22. The summed E-state index contributed by atoms with van der Waals surface area (Å²) in [6.45, 7) is 7.06. The molecule has 2 aliphatic carbocycles. The predicted octanol–water partition coefficient (Wildman–Crippen LogP) is 9.16. The molecule has 0 nitrogen and oxygen atoms in total. The van der Waals surface area contributed by atoms with Gasteiger partial charge in [0.1, 0.15) is 0 Å². The lowest BCUT2D eigenvalue weighted by Gasteiger charge is -2.29. The first-order chi connectivity index (χ1) is 13.7. The average Bonchev–Trinajstić information content (AvgIpc) is 2.75. The molecule has 0 heterocycles. The summed E-state index contributed by atoms with van der Waals surface area (Å²) in [5.74, 6) is 3.64. The number of hydrogen-bond acceptors (Lipinski definition) is 0. The van der Waals surface area contributed by atoms with Crippen LogP contribution in [0.3, 0.4) is 0 Å². The molecule has 156 valence electrons. The first kappa shape index (κ1) is 21.7. The molecule has 0 bridgehead atoms. The highest BCUT2D eigenvalue weighted by Crippen LogP contribution is 2.39. The van der Waals surface area contributed by atoms with Crippen LogP contribution in [0.1, 0.15) is 121 Å². The molecular formula is C28H44. The van der Waals surface area contributed by atoms with Crippen molar-refractivity contribution in [3.8, 4) is 0 Å². The van der Waals surface area contributed by atoms with Gasteiger partial charge in [-0.25, -0.2) is 0 Å². The third-order valence-corrected chi connectivity index (χ3v) is 7.77. The molecule has 0 aliphatic heterocycles. The Kier molecular flexibility index (Phi) is 8.68. The predicted molar refractivity (Wildman–Crippen MR) is 125 cm³/mol. The van der Waals surface area contributed by atoms with E-state index >= 15 is 0 Å². The summed E-state index contributed by atoms with van der Waals surface area (Å²) in [4.78, 5) is 0. The van der Waals surface area contributed by atoms with E-state index in [2.05, 4.69) is 51.1 Å². The van der Waals surface area contributed by atoms with Gasteiger partial charge >= 0.3 is 0 Å². The highest BCUT2D eigenvalue weighted by molar-refractivity contribution is 5.66. The maximum Gasteiger partial charge on any atom is -0.0162 e. The third kappa shape index (κ3) is 6.23. The molecule has 0 N–H and O–H groups in total. The van der Waals surface area contributed by atoms with Crippen molar-refractivity contribution in [3.05, 3.63) is 41.5 Å². The number of benzene rings is 1. The Morgan fingerprint density at radius 2 is 1.64 bits per heavy atom. The van der Waals surface area contributed by atoms with Crippen LogP contribution in [0.5, 0.6) is 0 Å². The second-order valence-electron chi connectivity index (χ2n) is 9.95. The SMILES string of the molecule is CCCCCC1CCC(c2ccc(C3=CCC(CC(C)CC)CC3)cc2)CC1. The molecule has 0 aromatic heterocycles. The Labute approximate surface area is 175 Å². The van der Waals surface area contributed by atoms with Crippen LogP contribution in [0, 0.1) is 17.8 Å². The highest BCUT2D eigenvalue weighted by atomic mass is 14.3. The molecule has 2 aliphatic rings. The standard InChI is InChI=1S/C28H44/c1-4-6-7-8-23-9-13-25(14-10-23)27-17-19-28(20-18-27)26-15-11-24(12-16-26)21-22(3)5-2/h15,17-20,22-25H,4-14,16,21H2,1-3H3. The maximum absolute atomic E-state index is 2.55.